The summed E-state index contributed by atoms with van der Waals surface area (Å²) in [4.78, 5) is 14.5. The quantitative estimate of drug-likeness (QED) is 0.790. The van der Waals surface area contributed by atoms with Crippen LogP contribution in [0.2, 0.25) is 0 Å². The Labute approximate surface area is 93.7 Å². The predicted octanol–water partition coefficient (Wildman–Crippen LogP) is 1.32. The molecule has 88 valence electrons. The minimum atomic E-state index is -1.15. The number of ether oxygens (including phenoxy) is 1. The molecule has 0 aromatic carbocycles. The third kappa shape index (κ3) is 3.20. The highest BCUT2D eigenvalue weighted by Crippen LogP contribution is 2.18. The van der Waals surface area contributed by atoms with E-state index in [1.807, 2.05) is 6.92 Å². The van der Waals surface area contributed by atoms with Crippen molar-refractivity contribution in [3.8, 4) is 5.75 Å². The van der Waals surface area contributed by atoms with Crippen LogP contribution in [-0.2, 0) is 0 Å². The van der Waals surface area contributed by atoms with Crippen molar-refractivity contribution in [1.29, 1.82) is 0 Å². The zero-order valence-electron chi connectivity index (χ0n) is 9.30. The monoisotopic (exact) mass is 225 g/mol. The van der Waals surface area contributed by atoms with Crippen LogP contribution in [0.5, 0.6) is 5.75 Å². The Kier molecular flexibility index (Phi) is 3.84. The maximum atomic E-state index is 10.8. The van der Waals surface area contributed by atoms with E-state index in [9.17, 15) is 9.90 Å². The highest BCUT2D eigenvalue weighted by atomic mass is 16.5. The van der Waals surface area contributed by atoms with Crippen molar-refractivity contribution in [2.24, 2.45) is 0 Å². The second-order valence-corrected chi connectivity index (χ2v) is 3.79. The van der Waals surface area contributed by atoms with Crippen LogP contribution < -0.4 is 4.74 Å². The fourth-order valence-electron chi connectivity index (χ4n) is 1.00. The van der Waals surface area contributed by atoms with Crippen LogP contribution in [0.4, 0.5) is 0 Å². The molecule has 0 aliphatic heterocycles. The molecule has 0 amide bonds. The van der Waals surface area contributed by atoms with Gasteiger partial charge >= 0.3 is 5.97 Å². The molecule has 1 aromatic heterocycles. The van der Waals surface area contributed by atoms with Gasteiger partial charge in [-0.2, -0.15) is 0 Å². The molecular formula is C11H15NO4. The highest BCUT2D eigenvalue weighted by Gasteiger charge is 2.20. The number of aliphatic hydroxyl groups is 1. The summed E-state index contributed by atoms with van der Waals surface area (Å²) in [6, 6.07) is 3.10. The number of hydrogen-bond acceptors (Lipinski definition) is 4. The Morgan fingerprint density at radius 3 is 2.88 bits per heavy atom. The molecule has 0 radical (unpaired) electrons. The first-order valence-corrected chi connectivity index (χ1v) is 5.00. The molecule has 0 aliphatic carbocycles. The van der Waals surface area contributed by atoms with E-state index in [1.54, 1.807) is 13.0 Å². The number of hydrogen-bond donors (Lipinski definition) is 2. The molecule has 0 saturated heterocycles. The van der Waals surface area contributed by atoms with E-state index in [4.69, 9.17) is 9.84 Å². The second-order valence-electron chi connectivity index (χ2n) is 3.79. The van der Waals surface area contributed by atoms with Crippen molar-refractivity contribution in [2.45, 2.75) is 25.9 Å². The van der Waals surface area contributed by atoms with Crippen LogP contribution in [0.1, 0.15) is 30.8 Å². The van der Waals surface area contributed by atoms with Gasteiger partial charge in [0.25, 0.3) is 0 Å². The standard InChI is InChI=1S/C11H15NO4/c1-3-11(2,15)7-16-8-5-4-6-12-9(8)10(13)14/h4-6,15H,3,7H2,1-2H3,(H,13,14). The van der Waals surface area contributed by atoms with Gasteiger partial charge < -0.3 is 14.9 Å². The van der Waals surface area contributed by atoms with Gasteiger partial charge in [0.2, 0.25) is 0 Å². The van der Waals surface area contributed by atoms with Gasteiger partial charge in [0, 0.05) is 6.20 Å². The van der Waals surface area contributed by atoms with Crippen molar-refractivity contribution < 1.29 is 19.7 Å². The average Bonchev–Trinajstić information content (AvgIpc) is 2.27. The van der Waals surface area contributed by atoms with Gasteiger partial charge in [-0.1, -0.05) is 6.92 Å². The number of carboxylic acid groups (broad SMARTS) is 1. The van der Waals surface area contributed by atoms with Crippen molar-refractivity contribution in [1.82, 2.24) is 4.98 Å². The zero-order chi connectivity index (χ0) is 12.2. The van der Waals surface area contributed by atoms with Crippen molar-refractivity contribution >= 4 is 5.97 Å². The highest BCUT2D eigenvalue weighted by molar-refractivity contribution is 5.88. The van der Waals surface area contributed by atoms with Crippen LogP contribution in [0.15, 0.2) is 18.3 Å². The maximum Gasteiger partial charge on any atom is 0.358 e. The molecule has 2 N–H and O–H groups in total. The molecule has 0 spiro atoms. The Hall–Kier alpha value is -1.62. The number of aromatic nitrogens is 1. The molecule has 0 aliphatic rings. The Morgan fingerprint density at radius 1 is 1.62 bits per heavy atom. The lowest BCUT2D eigenvalue weighted by molar-refractivity contribution is 0.00772. The Bertz CT molecular complexity index is 376. The lowest BCUT2D eigenvalue weighted by Gasteiger charge is -2.21. The maximum absolute atomic E-state index is 10.8. The summed E-state index contributed by atoms with van der Waals surface area (Å²) in [7, 11) is 0. The molecule has 1 heterocycles. The SMILES string of the molecule is CCC(C)(O)COc1cccnc1C(=O)O. The van der Waals surface area contributed by atoms with Gasteiger partial charge in [0.15, 0.2) is 11.4 Å². The summed E-state index contributed by atoms with van der Waals surface area (Å²) in [5.74, 6) is -0.976. The normalized spacial score (nSPS) is 14.2. The van der Waals surface area contributed by atoms with Gasteiger partial charge in [0.1, 0.15) is 6.61 Å². The van der Waals surface area contributed by atoms with Crippen molar-refractivity contribution in [2.75, 3.05) is 6.61 Å². The van der Waals surface area contributed by atoms with Gasteiger partial charge in [0.05, 0.1) is 5.60 Å². The number of nitrogens with zero attached hydrogens (tertiary/aromatic N) is 1. The summed E-state index contributed by atoms with van der Waals surface area (Å²) in [6.45, 7) is 3.49. The molecular weight excluding hydrogens is 210 g/mol. The number of pyridine rings is 1. The minimum Gasteiger partial charge on any atom is -0.488 e. The molecule has 1 atom stereocenters. The molecule has 0 bridgehead atoms. The molecule has 5 nitrogen and oxygen atoms in total. The van der Waals surface area contributed by atoms with Crippen LogP contribution in [0.25, 0.3) is 0 Å². The largest absolute Gasteiger partial charge is 0.488 e. The summed E-state index contributed by atoms with van der Waals surface area (Å²) in [5.41, 5.74) is -1.11. The molecule has 1 unspecified atom stereocenters. The molecule has 0 fully saturated rings. The first-order valence-electron chi connectivity index (χ1n) is 5.00. The van der Waals surface area contributed by atoms with E-state index in [0.717, 1.165) is 0 Å². The van der Waals surface area contributed by atoms with E-state index in [2.05, 4.69) is 4.98 Å². The topological polar surface area (TPSA) is 79.7 Å². The Morgan fingerprint density at radius 2 is 2.31 bits per heavy atom. The van der Waals surface area contributed by atoms with Crippen LogP contribution in [0.3, 0.4) is 0 Å². The van der Waals surface area contributed by atoms with E-state index < -0.39 is 11.6 Å². The van der Waals surface area contributed by atoms with Crippen LogP contribution in [0, 0.1) is 0 Å². The van der Waals surface area contributed by atoms with Crippen LogP contribution in [-0.4, -0.2) is 33.4 Å². The molecule has 16 heavy (non-hydrogen) atoms. The molecule has 5 heteroatoms. The number of carboxylic acids is 1. The van der Waals surface area contributed by atoms with Crippen molar-refractivity contribution in [3.05, 3.63) is 24.0 Å². The van der Waals surface area contributed by atoms with Gasteiger partial charge in [-0.05, 0) is 25.5 Å². The van der Waals surface area contributed by atoms with E-state index in [1.165, 1.54) is 12.3 Å². The fourth-order valence-corrected chi connectivity index (χ4v) is 1.00. The summed E-state index contributed by atoms with van der Waals surface area (Å²) in [6.07, 6.45) is 1.91. The summed E-state index contributed by atoms with van der Waals surface area (Å²) < 4.78 is 5.26. The predicted molar refractivity (Wildman–Crippen MR) is 57.6 cm³/mol. The number of rotatable bonds is 5. The summed E-state index contributed by atoms with van der Waals surface area (Å²) in [5, 5.41) is 18.6. The molecule has 0 saturated carbocycles. The smallest absolute Gasteiger partial charge is 0.358 e. The zero-order valence-corrected chi connectivity index (χ0v) is 9.30. The van der Waals surface area contributed by atoms with Gasteiger partial charge in [-0.3, -0.25) is 0 Å². The lowest BCUT2D eigenvalue weighted by atomic mass is 10.1. The third-order valence-corrected chi connectivity index (χ3v) is 2.27. The van der Waals surface area contributed by atoms with E-state index >= 15 is 0 Å². The second kappa shape index (κ2) is 4.94. The van der Waals surface area contributed by atoms with E-state index in [0.29, 0.717) is 6.42 Å². The van der Waals surface area contributed by atoms with E-state index in [-0.39, 0.29) is 18.1 Å². The third-order valence-electron chi connectivity index (χ3n) is 2.27. The minimum absolute atomic E-state index is 0.0372. The summed E-state index contributed by atoms with van der Waals surface area (Å²) >= 11 is 0. The van der Waals surface area contributed by atoms with Gasteiger partial charge in [-0.15, -0.1) is 0 Å². The molecule has 1 aromatic rings. The molecule has 1 rings (SSSR count). The lowest BCUT2D eigenvalue weighted by Crippen LogP contribution is -2.31. The number of aromatic carboxylic acids is 1. The van der Waals surface area contributed by atoms with Crippen molar-refractivity contribution in [3.63, 3.8) is 0 Å². The first-order chi connectivity index (χ1) is 7.46. The van der Waals surface area contributed by atoms with Crippen LogP contribution >= 0.6 is 0 Å². The average molecular weight is 225 g/mol. The number of carbonyl (C=O) groups is 1. The Balaban J connectivity index is 2.78. The first kappa shape index (κ1) is 12.4. The fraction of sp³-hybridized carbons (Fsp3) is 0.455. The van der Waals surface area contributed by atoms with Gasteiger partial charge in [-0.25, -0.2) is 9.78 Å².